The smallest absolute Gasteiger partial charge is 0.352 e. The molecule has 2 N–H and O–H groups in total. The highest BCUT2D eigenvalue weighted by Crippen LogP contribution is 2.44. The Morgan fingerprint density at radius 3 is 2.76 bits per heavy atom. The fourth-order valence-electron chi connectivity index (χ4n) is 2.41. The largest absolute Gasteiger partial charge is 0.383 e. The maximum absolute atomic E-state index is 13.9. The van der Waals surface area contributed by atoms with E-state index >= 15 is 0 Å². The predicted molar refractivity (Wildman–Crippen MR) is 72.9 cm³/mol. The maximum atomic E-state index is 13.9. The quantitative estimate of drug-likeness (QED) is 0.836. The number of imidazole rings is 1. The van der Waals surface area contributed by atoms with Gasteiger partial charge in [-0.25, -0.2) is 4.98 Å². The van der Waals surface area contributed by atoms with E-state index in [-0.39, 0.29) is 25.3 Å². The molecule has 0 aromatic carbocycles. The summed E-state index contributed by atoms with van der Waals surface area (Å²) < 4.78 is 29.6. The molecule has 0 radical (unpaired) electrons. The van der Waals surface area contributed by atoms with Gasteiger partial charge in [-0.1, -0.05) is 6.92 Å². The van der Waals surface area contributed by atoms with Gasteiger partial charge in [0.2, 0.25) is 0 Å². The highest BCUT2D eigenvalue weighted by atomic mass is 19.3. The van der Waals surface area contributed by atoms with Gasteiger partial charge in [-0.3, -0.25) is 4.79 Å². The molecule has 1 aliphatic carbocycles. The van der Waals surface area contributed by atoms with Crippen LogP contribution in [0.25, 0.3) is 0 Å². The van der Waals surface area contributed by atoms with Gasteiger partial charge in [0.15, 0.2) is 0 Å². The topological polar surface area (TPSA) is 67.2 Å². The van der Waals surface area contributed by atoms with E-state index in [1.165, 1.54) is 0 Å². The van der Waals surface area contributed by atoms with Gasteiger partial charge in [-0.05, 0) is 32.1 Å². The molecule has 1 aromatic rings. The molecule has 7 heteroatoms. The van der Waals surface area contributed by atoms with Gasteiger partial charge in [-0.15, -0.1) is 0 Å². The zero-order chi connectivity index (χ0) is 15.7. The Hall–Kier alpha value is -1.50. The van der Waals surface area contributed by atoms with Crippen LogP contribution < -0.4 is 5.32 Å². The first-order valence-corrected chi connectivity index (χ1v) is 7.12. The molecule has 0 saturated heterocycles. The van der Waals surface area contributed by atoms with Crippen LogP contribution in [0.15, 0.2) is 12.4 Å². The van der Waals surface area contributed by atoms with Crippen molar-refractivity contribution in [1.82, 2.24) is 14.9 Å². The lowest BCUT2D eigenvalue weighted by atomic mass is 9.75. The Balaban J connectivity index is 1.85. The maximum Gasteiger partial charge on any atom is 0.352 e. The van der Waals surface area contributed by atoms with Crippen LogP contribution in [-0.2, 0) is 11.3 Å². The lowest BCUT2D eigenvalue weighted by Gasteiger charge is -2.41. The number of aromatic nitrogens is 2. The summed E-state index contributed by atoms with van der Waals surface area (Å²) in [6.07, 6.45) is 3.93. The standard InChI is InChI=1S/C14H21F2N3O2/c1-10(9-19-7-6-17-11(19)2)8-18-12(20)14(15,16)13(21)4-3-5-13/h6-7,10,21H,3-5,8-9H2,1-2H3,(H,18,20). The van der Waals surface area contributed by atoms with Gasteiger partial charge in [-0.2, -0.15) is 8.78 Å². The number of nitrogens with zero attached hydrogens (tertiary/aromatic N) is 2. The average molecular weight is 301 g/mol. The first kappa shape index (κ1) is 15.9. The molecule has 5 nitrogen and oxygen atoms in total. The third-order valence-electron chi connectivity index (χ3n) is 4.09. The first-order valence-electron chi connectivity index (χ1n) is 7.12. The van der Waals surface area contributed by atoms with Gasteiger partial charge >= 0.3 is 5.92 Å². The van der Waals surface area contributed by atoms with Crippen LogP contribution in [0.5, 0.6) is 0 Å². The number of rotatable bonds is 6. The van der Waals surface area contributed by atoms with Crippen molar-refractivity contribution in [3.8, 4) is 0 Å². The van der Waals surface area contributed by atoms with E-state index in [4.69, 9.17) is 0 Å². The van der Waals surface area contributed by atoms with Crippen LogP contribution in [0.2, 0.25) is 0 Å². The van der Waals surface area contributed by atoms with Gasteiger partial charge in [0, 0.05) is 25.5 Å². The Bertz CT molecular complexity index is 512. The minimum absolute atomic E-state index is 0.0197. The van der Waals surface area contributed by atoms with Gasteiger partial charge in [0.05, 0.1) is 0 Å². The molecule has 2 rings (SSSR count). The minimum atomic E-state index is -3.73. The number of amides is 1. The van der Waals surface area contributed by atoms with Gasteiger partial charge in [0.25, 0.3) is 5.91 Å². The predicted octanol–water partition coefficient (Wildman–Crippen LogP) is 1.49. The van der Waals surface area contributed by atoms with E-state index < -0.39 is 17.4 Å². The zero-order valence-electron chi connectivity index (χ0n) is 12.3. The summed E-state index contributed by atoms with van der Waals surface area (Å²) in [5.41, 5.74) is -2.17. The first-order chi connectivity index (χ1) is 9.76. The number of hydrogen-bond donors (Lipinski definition) is 2. The van der Waals surface area contributed by atoms with E-state index in [9.17, 15) is 18.7 Å². The molecule has 1 fully saturated rings. The lowest BCUT2D eigenvalue weighted by Crippen LogP contribution is -2.61. The minimum Gasteiger partial charge on any atom is -0.383 e. The van der Waals surface area contributed by atoms with E-state index in [2.05, 4.69) is 10.3 Å². The fourth-order valence-corrected chi connectivity index (χ4v) is 2.41. The van der Waals surface area contributed by atoms with E-state index in [0.717, 1.165) is 5.82 Å². The van der Waals surface area contributed by atoms with Crippen LogP contribution in [0.4, 0.5) is 8.78 Å². The fraction of sp³-hybridized carbons (Fsp3) is 0.714. The van der Waals surface area contributed by atoms with Crippen molar-refractivity contribution < 1.29 is 18.7 Å². The molecule has 0 aliphatic heterocycles. The Labute approximate surface area is 122 Å². The number of carbonyl (C=O) groups is 1. The molecule has 1 heterocycles. The summed E-state index contributed by atoms with van der Waals surface area (Å²) in [7, 11) is 0. The molecule has 21 heavy (non-hydrogen) atoms. The normalized spacial score (nSPS) is 18.9. The molecular weight excluding hydrogens is 280 g/mol. The van der Waals surface area contributed by atoms with Crippen molar-refractivity contribution in [1.29, 1.82) is 0 Å². The van der Waals surface area contributed by atoms with Crippen molar-refractivity contribution in [3.05, 3.63) is 18.2 Å². The molecule has 1 saturated carbocycles. The van der Waals surface area contributed by atoms with E-state index in [0.29, 0.717) is 13.0 Å². The van der Waals surface area contributed by atoms with E-state index in [1.807, 2.05) is 18.4 Å². The molecule has 1 atom stereocenters. The second-order valence-electron chi connectivity index (χ2n) is 5.90. The third-order valence-corrected chi connectivity index (χ3v) is 4.09. The number of aliphatic hydroxyl groups is 1. The third kappa shape index (κ3) is 3.07. The van der Waals surface area contributed by atoms with Gasteiger partial charge < -0.3 is 15.0 Å². The summed E-state index contributed by atoms with van der Waals surface area (Å²) in [6, 6.07) is 0. The van der Waals surface area contributed by atoms with Crippen LogP contribution in [0, 0.1) is 12.8 Å². The molecule has 0 spiro atoms. The highest BCUT2D eigenvalue weighted by Gasteiger charge is 2.61. The summed E-state index contributed by atoms with van der Waals surface area (Å²) in [5, 5.41) is 11.9. The molecule has 1 unspecified atom stereocenters. The van der Waals surface area contributed by atoms with Crippen molar-refractivity contribution in [2.45, 2.75) is 51.2 Å². The van der Waals surface area contributed by atoms with Crippen molar-refractivity contribution in [2.75, 3.05) is 6.54 Å². The zero-order valence-corrected chi connectivity index (χ0v) is 12.3. The SMILES string of the molecule is Cc1nccn1CC(C)CNC(=O)C(F)(F)C1(O)CCC1. The van der Waals surface area contributed by atoms with Crippen LogP contribution in [-0.4, -0.2) is 38.6 Å². The second-order valence-corrected chi connectivity index (χ2v) is 5.90. The number of aryl methyl sites for hydroxylation is 1. The average Bonchev–Trinajstić information content (AvgIpc) is 2.78. The number of halogens is 2. The Kier molecular flexibility index (Phi) is 4.32. The number of nitrogens with one attached hydrogen (secondary N) is 1. The van der Waals surface area contributed by atoms with E-state index in [1.54, 1.807) is 12.4 Å². The number of carbonyl (C=O) groups excluding carboxylic acids is 1. The molecule has 118 valence electrons. The van der Waals surface area contributed by atoms with Crippen molar-refractivity contribution >= 4 is 5.91 Å². The summed E-state index contributed by atoms with van der Waals surface area (Å²) in [6.45, 7) is 4.42. The van der Waals surface area contributed by atoms with Crippen molar-refractivity contribution in [2.24, 2.45) is 5.92 Å². The Morgan fingerprint density at radius 1 is 1.62 bits per heavy atom. The molecule has 0 bridgehead atoms. The highest BCUT2D eigenvalue weighted by molar-refractivity contribution is 5.85. The number of alkyl halides is 2. The lowest BCUT2D eigenvalue weighted by molar-refractivity contribution is -0.216. The summed E-state index contributed by atoms with van der Waals surface area (Å²) in [5.74, 6) is -4.30. The summed E-state index contributed by atoms with van der Waals surface area (Å²) >= 11 is 0. The molecular formula is C14H21F2N3O2. The van der Waals surface area contributed by atoms with Crippen LogP contribution >= 0.6 is 0 Å². The second kappa shape index (κ2) is 5.71. The molecule has 1 aliphatic rings. The Morgan fingerprint density at radius 2 is 2.29 bits per heavy atom. The number of hydrogen-bond acceptors (Lipinski definition) is 3. The van der Waals surface area contributed by atoms with Gasteiger partial charge in [0.1, 0.15) is 11.4 Å². The van der Waals surface area contributed by atoms with Crippen molar-refractivity contribution in [3.63, 3.8) is 0 Å². The molecule has 1 aromatic heterocycles. The molecule has 1 amide bonds. The van der Waals surface area contributed by atoms with Crippen LogP contribution in [0.1, 0.15) is 32.0 Å². The van der Waals surface area contributed by atoms with Crippen LogP contribution in [0.3, 0.4) is 0 Å². The summed E-state index contributed by atoms with van der Waals surface area (Å²) in [4.78, 5) is 15.7. The monoisotopic (exact) mass is 301 g/mol.